The summed E-state index contributed by atoms with van der Waals surface area (Å²) in [5.41, 5.74) is 0. The van der Waals surface area contributed by atoms with E-state index in [0.717, 1.165) is 0 Å². The second-order valence-corrected chi connectivity index (χ2v) is 2.10. The van der Waals surface area contributed by atoms with E-state index in [4.69, 9.17) is 0 Å². The Morgan fingerprint density at radius 3 is 1.36 bits per heavy atom. The summed E-state index contributed by atoms with van der Waals surface area (Å²) in [5, 5.41) is 24.7. The summed E-state index contributed by atoms with van der Waals surface area (Å²) < 4.78 is 0. The molecule has 6 nitrogen and oxygen atoms in total. The van der Waals surface area contributed by atoms with Crippen molar-refractivity contribution in [3.8, 4) is 0 Å². The van der Waals surface area contributed by atoms with Gasteiger partial charge in [-0.15, -0.1) is 0 Å². The molecule has 2 N–H and O–H groups in total. The second-order valence-electron chi connectivity index (χ2n) is 2.10. The van der Waals surface area contributed by atoms with Crippen LogP contribution >= 0.6 is 0 Å². The smallest absolute Gasteiger partial charge is 0.549 e. The molecule has 14 heavy (non-hydrogen) atoms. The van der Waals surface area contributed by atoms with Gasteiger partial charge < -0.3 is 30.4 Å². The Bertz CT molecular complexity index is 150. The molecule has 0 aromatic carbocycles. The first-order chi connectivity index (χ1) is 5.63. The number of carboxylic acid groups (broad SMARTS) is 2. The van der Waals surface area contributed by atoms with Gasteiger partial charge in [0.15, 0.2) is 0 Å². The summed E-state index contributed by atoms with van der Waals surface area (Å²) in [4.78, 5) is 19.7. The Hall–Kier alpha value is 0.860. The minimum Gasteiger partial charge on any atom is -0.549 e. The van der Waals surface area contributed by atoms with Gasteiger partial charge >= 0.3 is 59.1 Å². The van der Waals surface area contributed by atoms with Gasteiger partial charge in [-0.05, 0) is 0 Å². The van der Waals surface area contributed by atoms with E-state index in [1.54, 1.807) is 0 Å². The Kier molecular flexibility index (Phi) is 20.1. The standard InChI is InChI=1S/C6H12N2O4.2Na/c9-5(10)3-7-1-2-8-4-6(11)12;;/h7-8H,1-4H2,(H,9,10)(H,11,12);;/q;2*+1/p-2. The van der Waals surface area contributed by atoms with Gasteiger partial charge in [0, 0.05) is 26.2 Å². The van der Waals surface area contributed by atoms with Crippen molar-refractivity contribution in [1.29, 1.82) is 0 Å². The van der Waals surface area contributed by atoms with Crippen LogP contribution in [0.1, 0.15) is 0 Å². The number of carbonyl (C=O) groups excluding carboxylic acids is 2. The molecular weight excluding hydrogens is 210 g/mol. The Morgan fingerprint density at radius 1 is 0.857 bits per heavy atom. The topological polar surface area (TPSA) is 104 Å². The minimum absolute atomic E-state index is 0. The second kappa shape index (κ2) is 13.9. The number of carbonyl (C=O) groups is 2. The predicted octanol–water partition coefficient (Wildman–Crippen LogP) is -10.3. The molecule has 0 saturated heterocycles. The zero-order valence-electron chi connectivity index (χ0n) is 8.46. The fourth-order valence-electron chi connectivity index (χ4n) is 0.558. The van der Waals surface area contributed by atoms with Gasteiger partial charge in [-0.1, -0.05) is 0 Å². The van der Waals surface area contributed by atoms with Gasteiger partial charge in [-0.25, -0.2) is 0 Å². The van der Waals surface area contributed by atoms with Crippen LogP contribution in [0.2, 0.25) is 0 Å². The molecule has 0 radical (unpaired) electrons. The van der Waals surface area contributed by atoms with Gasteiger partial charge in [0.25, 0.3) is 0 Å². The summed E-state index contributed by atoms with van der Waals surface area (Å²) >= 11 is 0. The van der Waals surface area contributed by atoms with Gasteiger partial charge in [0.1, 0.15) is 0 Å². The number of hydrogen-bond donors (Lipinski definition) is 2. The van der Waals surface area contributed by atoms with E-state index in [9.17, 15) is 19.8 Å². The maximum atomic E-state index is 9.84. The molecule has 0 amide bonds. The number of hydrogen-bond acceptors (Lipinski definition) is 6. The van der Waals surface area contributed by atoms with E-state index in [1.807, 2.05) is 0 Å². The number of aliphatic carboxylic acids is 2. The first-order valence-corrected chi connectivity index (χ1v) is 3.44. The molecule has 0 fully saturated rings. The normalized spacial score (nSPS) is 8.29. The van der Waals surface area contributed by atoms with Gasteiger partial charge in [-0.3, -0.25) is 0 Å². The third kappa shape index (κ3) is 18.6. The monoisotopic (exact) mass is 220 g/mol. The molecule has 0 unspecified atom stereocenters. The third-order valence-electron chi connectivity index (χ3n) is 1.02. The number of rotatable bonds is 7. The zero-order chi connectivity index (χ0) is 9.40. The maximum absolute atomic E-state index is 9.84. The van der Waals surface area contributed by atoms with Crippen molar-refractivity contribution in [2.24, 2.45) is 0 Å². The SMILES string of the molecule is O=C([O-])CNCCNCC(=O)[O-].[Na+].[Na+]. The molecule has 0 heterocycles. The molecule has 0 atom stereocenters. The first kappa shape index (κ1) is 20.3. The van der Waals surface area contributed by atoms with Crippen LogP contribution in [-0.4, -0.2) is 38.1 Å². The summed E-state index contributed by atoms with van der Waals surface area (Å²) in [6.45, 7) is 0.294. The fraction of sp³-hybridized carbons (Fsp3) is 0.667. The van der Waals surface area contributed by atoms with E-state index in [-0.39, 0.29) is 72.2 Å². The molecule has 8 heteroatoms. The average Bonchev–Trinajstić information content (AvgIpc) is 1.95. The Morgan fingerprint density at radius 2 is 1.14 bits per heavy atom. The molecule has 0 saturated carbocycles. The average molecular weight is 220 g/mol. The van der Waals surface area contributed by atoms with E-state index >= 15 is 0 Å². The van der Waals surface area contributed by atoms with Crippen LogP contribution in [0.3, 0.4) is 0 Å². The molecule has 0 aliphatic rings. The van der Waals surface area contributed by atoms with Gasteiger partial charge in [0.2, 0.25) is 0 Å². The van der Waals surface area contributed by atoms with Crippen molar-refractivity contribution >= 4 is 11.9 Å². The van der Waals surface area contributed by atoms with E-state index < -0.39 is 11.9 Å². The van der Waals surface area contributed by atoms with Crippen molar-refractivity contribution in [2.75, 3.05) is 26.2 Å². The molecule has 0 aromatic heterocycles. The summed E-state index contributed by atoms with van der Waals surface area (Å²) in [6, 6.07) is 0. The zero-order valence-corrected chi connectivity index (χ0v) is 12.5. The molecule has 0 aliphatic heterocycles. The van der Waals surface area contributed by atoms with Crippen molar-refractivity contribution in [3.63, 3.8) is 0 Å². The van der Waals surface area contributed by atoms with Crippen LogP contribution in [0.5, 0.6) is 0 Å². The van der Waals surface area contributed by atoms with Crippen LogP contribution in [0, 0.1) is 0 Å². The first-order valence-electron chi connectivity index (χ1n) is 3.44. The molecule has 0 spiro atoms. The van der Waals surface area contributed by atoms with Crippen molar-refractivity contribution in [2.45, 2.75) is 0 Å². The molecule has 0 rings (SSSR count). The molecular formula is C6H10N2Na2O4. The van der Waals surface area contributed by atoms with Crippen LogP contribution < -0.4 is 80.0 Å². The maximum Gasteiger partial charge on any atom is 1.00 e. The van der Waals surface area contributed by atoms with E-state index in [0.29, 0.717) is 13.1 Å². The van der Waals surface area contributed by atoms with Gasteiger partial charge in [-0.2, -0.15) is 0 Å². The molecule has 0 bridgehead atoms. The fourth-order valence-corrected chi connectivity index (χ4v) is 0.558. The van der Waals surface area contributed by atoms with Crippen LogP contribution in [0.25, 0.3) is 0 Å². The number of carboxylic acids is 2. The van der Waals surface area contributed by atoms with E-state index in [1.165, 1.54) is 0 Å². The van der Waals surface area contributed by atoms with Crippen LogP contribution in [0.4, 0.5) is 0 Å². The van der Waals surface area contributed by atoms with Gasteiger partial charge in [0.05, 0.1) is 11.9 Å². The van der Waals surface area contributed by atoms with Crippen LogP contribution in [-0.2, 0) is 9.59 Å². The molecule has 70 valence electrons. The van der Waals surface area contributed by atoms with Crippen LogP contribution in [0.15, 0.2) is 0 Å². The summed E-state index contributed by atoms with van der Waals surface area (Å²) in [5.74, 6) is -2.37. The Labute approximate surface area is 126 Å². The summed E-state index contributed by atoms with van der Waals surface area (Å²) in [6.07, 6.45) is 0. The van der Waals surface area contributed by atoms with E-state index in [2.05, 4.69) is 10.6 Å². The Balaban J connectivity index is -0.000000605. The minimum atomic E-state index is -1.19. The molecule has 0 aliphatic carbocycles. The summed E-state index contributed by atoms with van der Waals surface area (Å²) in [7, 11) is 0. The third-order valence-corrected chi connectivity index (χ3v) is 1.02. The van der Waals surface area contributed by atoms with Crippen molar-refractivity contribution < 1.29 is 78.9 Å². The number of nitrogens with one attached hydrogen (secondary N) is 2. The largest absolute Gasteiger partial charge is 1.00 e. The molecule has 0 aromatic rings. The van der Waals surface area contributed by atoms with Crippen molar-refractivity contribution in [3.05, 3.63) is 0 Å². The predicted molar refractivity (Wildman–Crippen MR) is 35.8 cm³/mol. The quantitative estimate of drug-likeness (QED) is 0.326. The van der Waals surface area contributed by atoms with Crippen molar-refractivity contribution in [1.82, 2.24) is 10.6 Å².